The largest absolute Gasteiger partial charge is 0.350 e. The number of imidazole rings is 1. The summed E-state index contributed by atoms with van der Waals surface area (Å²) in [4.78, 5) is 47.6. The number of benzene rings is 1. The predicted molar refractivity (Wildman–Crippen MR) is 113 cm³/mol. The highest BCUT2D eigenvalue weighted by atomic mass is 19.1. The minimum atomic E-state index is -1.11. The highest BCUT2D eigenvalue weighted by Gasteiger charge is 2.53. The minimum Gasteiger partial charge on any atom is -0.350 e. The molecule has 3 heterocycles. The van der Waals surface area contributed by atoms with Gasteiger partial charge in [-0.25, -0.2) is 9.37 Å². The van der Waals surface area contributed by atoms with Gasteiger partial charge in [-0.05, 0) is 50.3 Å². The summed E-state index contributed by atoms with van der Waals surface area (Å²) >= 11 is 0. The molecule has 1 saturated heterocycles. The third-order valence-electron chi connectivity index (χ3n) is 6.63. The standard InChI is InChI=1S/C23H26FN5O3/c1-23(22(32)25-12-15-4-6-16(24)7-5-15)13-28-14-26-18(20(30)27-10-2-3-11-27)19(28)21(31)29(23)17-8-9-17/h4-7,14,17H,2-3,8-13H2,1H3,(H,25,32). The summed E-state index contributed by atoms with van der Waals surface area (Å²) in [6.07, 6.45) is 5.06. The second-order valence-electron chi connectivity index (χ2n) is 9.06. The molecule has 5 rings (SSSR count). The third kappa shape index (κ3) is 3.45. The van der Waals surface area contributed by atoms with Gasteiger partial charge < -0.3 is 19.7 Å². The van der Waals surface area contributed by atoms with E-state index in [1.54, 1.807) is 33.4 Å². The minimum absolute atomic E-state index is 0.0255. The van der Waals surface area contributed by atoms with E-state index in [1.807, 2.05) is 0 Å². The van der Waals surface area contributed by atoms with E-state index < -0.39 is 5.54 Å². The van der Waals surface area contributed by atoms with E-state index in [2.05, 4.69) is 10.3 Å². The number of fused-ring (bicyclic) bond motifs is 1. The van der Waals surface area contributed by atoms with Gasteiger partial charge in [0.25, 0.3) is 11.8 Å². The summed E-state index contributed by atoms with van der Waals surface area (Å²) in [6, 6.07) is 5.91. The number of carbonyl (C=O) groups excluding carboxylic acids is 3. The van der Waals surface area contributed by atoms with E-state index in [9.17, 15) is 18.8 Å². The van der Waals surface area contributed by atoms with Gasteiger partial charge in [-0.3, -0.25) is 14.4 Å². The number of nitrogens with zero attached hydrogens (tertiary/aromatic N) is 4. The first kappa shape index (κ1) is 20.7. The molecular formula is C23H26FN5O3. The molecule has 2 fully saturated rings. The van der Waals surface area contributed by atoms with Crippen LogP contribution in [0, 0.1) is 5.82 Å². The molecule has 1 atom stereocenters. The number of hydrogen-bond acceptors (Lipinski definition) is 4. The Morgan fingerprint density at radius 2 is 1.88 bits per heavy atom. The van der Waals surface area contributed by atoms with Crippen LogP contribution in [0.25, 0.3) is 0 Å². The Labute approximate surface area is 185 Å². The summed E-state index contributed by atoms with van der Waals surface area (Å²) in [7, 11) is 0. The molecule has 0 radical (unpaired) electrons. The van der Waals surface area contributed by atoms with Crippen molar-refractivity contribution in [1.82, 2.24) is 24.7 Å². The fourth-order valence-electron chi connectivity index (χ4n) is 4.76. The number of likely N-dealkylation sites (tertiary alicyclic amines) is 1. The molecule has 9 heteroatoms. The summed E-state index contributed by atoms with van der Waals surface area (Å²) in [5, 5.41) is 2.90. The van der Waals surface area contributed by atoms with Crippen LogP contribution in [-0.4, -0.2) is 61.7 Å². The molecule has 1 aliphatic carbocycles. The molecule has 1 saturated carbocycles. The SMILES string of the molecule is CC1(C(=O)NCc2ccc(F)cc2)Cn2cnc(C(=O)N3CCCC3)c2C(=O)N1C1CC1. The van der Waals surface area contributed by atoms with Crippen molar-refractivity contribution in [2.75, 3.05) is 13.1 Å². The molecule has 32 heavy (non-hydrogen) atoms. The monoisotopic (exact) mass is 439 g/mol. The highest BCUT2D eigenvalue weighted by Crippen LogP contribution is 2.39. The zero-order valence-corrected chi connectivity index (χ0v) is 18.0. The van der Waals surface area contributed by atoms with Crippen LogP contribution in [0.15, 0.2) is 30.6 Å². The summed E-state index contributed by atoms with van der Waals surface area (Å²) in [5.41, 5.74) is 0.110. The van der Waals surface area contributed by atoms with Gasteiger partial charge >= 0.3 is 0 Å². The molecule has 2 aliphatic heterocycles. The van der Waals surface area contributed by atoms with Crippen molar-refractivity contribution in [3.63, 3.8) is 0 Å². The van der Waals surface area contributed by atoms with Gasteiger partial charge in [0.2, 0.25) is 5.91 Å². The molecule has 1 N–H and O–H groups in total. The second kappa shape index (κ2) is 7.72. The van der Waals surface area contributed by atoms with Gasteiger partial charge in [0.05, 0.1) is 12.9 Å². The number of hydrogen-bond donors (Lipinski definition) is 1. The lowest BCUT2D eigenvalue weighted by molar-refractivity contribution is -0.133. The van der Waals surface area contributed by atoms with E-state index in [1.165, 1.54) is 18.5 Å². The van der Waals surface area contributed by atoms with Crippen LogP contribution in [-0.2, 0) is 17.9 Å². The average molecular weight is 439 g/mol. The highest BCUT2D eigenvalue weighted by molar-refractivity contribution is 6.07. The van der Waals surface area contributed by atoms with Crippen molar-refractivity contribution >= 4 is 17.7 Å². The predicted octanol–water partition coefficient (Wildman–Crippen LogP) is 1.95. The van der Waals surface area contributed by atoms with Gasteiger partial charge in [0, 0.05) is 25.7 Å². The Hall–Kier alpha value is -3.23. The number of halogens is 1. The molecule has 3 amide bonds. The van der Waals surface area contributed by atoms with Crippen molar-refractivity contribution in [1.29, 1.82) is 0 Å². The van der Waals surface area contributed by atoms with Crippen molar-refractivity contribution in [2.24, 2.45) is 0 Å². The first-order valence-corrected chi connectivity index (χ1v) is 11.1. The zero-order valence-electron chi connectivity index (χ0n) is 18.0. The lowest BCUT2D eigenvalue weighted by atomic mass is 9.93. The Morgan fingerprint density at radius 1 is 1.19 bits per heavy atom. The quantitative estimate of drug-likeness (QED) is 0.772. The van der Waals surface area contributed by atoms with Crippen molar-refractivity contribution < 1.29 is 18.8 Å². The molecule has 1 aromatic heterocycles. The molecule has 3 aliphatic rings. The first-order chi connectivity index (χ1) is 15.4. The maximum absolute atomic E-state index is 13.6. The molecule has 2 aromatic rings. The van der Waals surface area contributed by atoms with Gasteiger partial charge in [-0.1, -0.05) is 12.1 Å². The van der Waals surface area contributed by atoms with Crippen LogP contribution in [0.4, 0.5) is 4.39 Å². The lowest BCUT2D eigenvalue weighted by Gasteiger charge is -2.44. The first-order valence-electron chi connectivity index (χ1n) is 11.1. The molecular weight excluding hydrogens is 413 g/mol. The zero-order chi connectivity index (χ0) is 22.5. The number of amides is 3. The maximum atomic E-state index is 13.6. The Kier molecular flexibility index (Phi) is 4.98. The van der Waals surface area contributed by atoms with Crippen molar-refractivity contribution in [2.45, 2.75) is 57.3 Å². The fourth-order valence-corrected chi connectivity index (χ4v) is 4.76. The van der Waals surface area contributed by atoms with E-state index in [0.717, 1.165) is 31.2 Å². The Bertz CT molecular complexity index is 1070. The van der Waals surface area contributed by atoms with Crippen LogP contribution < -0.4 is 5.32 Å². The number of aromatic nitrogens is 2. The van der Waals surface area contributed by atoms with Crippen LogP contribution in [0.1, 0.15) is 59.1 Å². The molecule has 8 nitrogen and oxygen atoms in total. The van der Waals surface area contributed by atoms with Crippen LogP contribution in [0.2, 0.25) is 0 Å². The van der Waals surface area contributed by atoms with Gasteiger partial charge in [-0.2, -0.15) is 0 Å². The number of rotatable bonds is 5. The average Bonchev–Trinajstić information content (AvgIpc) is 3.27. The second-order valence-corrected chi connectivity index (χ2v) is 9.06. The fraction of sp³-hybridized carbons (Fsp3) is 0.478. The maximum Gasteiger partial charge on any atom is 0.274 e. The van der Waals surface area contributed by atoms with E-state index in [4.69, 9.17) is 0 Å². The van der Waals surface area contributed by atoms with Crippen molar-refractivity contribution in [3.05, 3.63) is 53.4 Å². The molecule has 0 bridgehead atoms. The normalized spacial score (nSPS) is 22.8. The summed E-state index contributed by atoms with van der Waals surface area (Å²) in [6.45, 7) is 3.56. The van der Waals surface area contributed by atoms with E-state index >= 15 is 0 Å². The Morgan fingerprint density at radius 3 is 2.53 bits per heavy atom. The summed E-state index contributed by atoms with van der Waals surface area (Å²) in [5.74, 6) is -1.16. The summed E-state index contributed by atoms with van der Waals surface area (Å²) < 4.78 is 14.8. The number of carbonyl (C=O) groups is 3. The topological polar surface area (TPSA) is 87.5 Å². The molecule has 168 valence electrons. The lowest BCUT2D eigenvalue weighted by Crippen LogP contribution is -2.64. The van der Waals surface area contributed by atoms with Gasteiger partial charge in [0.1, 0.15) is 17.1 Å². The molecule has 0 spiro atoms. The van der Waals surface area contributed by atoms with Crippen LogP contribution in [0.5, 0.6) is 0 Å². The smallest absolute Gasteiger partial charge is 0.274 e. The van der Waals surface area contributed by atoms with Gasteiger partial charge in [0.15, 0.2) is 5.69 Å². The number of nitrogens with one attached hydrogen (secondary N) is 1. The van der Waals surface area contributed by atoms with E-state index in [-0.39, 0.29) is 54.1 Å². The molecule has 1 aromatic carbocycles. The van der Waals surface area contributed by atoms with Gasteiger partial charge in [-0.15, -0.1) is 0 Å². The van der Waals surface area contributed by atoms with Crippen LogP contribution in [0.3, 0.4) is 0 Å². The third-order valence-corrected chi connectivity index (χ3v) is 6.63. The van der Waals surface area contributed by atoms with Crippen LogP contribution >= 0.6 is 0 Å². The molecule has 1 unspecified atom stereocenters. The Balaban J connectivity index is 1.41. The van der Waals surface area contributed by atoms with E-state index in [0.29, 0.717) is 13.1 Å². The van der Waals surface area contributed by atoms with Crippen molar-refractivity contribution in [3.8, 4) is 0 Å².